The maximum absolute atomic E-state index is 13.6. The van der Waals surface area contributed by atoms with E-state index in [4.69, 9.17) is 11.6 Å². The van der Waals surface area contributed by atoms with Crippen molar-refractivity contribution < 1.29 is 17.2 Å². The number of rotatable bonds is 4. The number of nitrogens with one attached hydrogen (secondary N) is 1. The first kappa shape index (κ1) is 15.9. The van der Waals surface area contributed by atoms with E-state index in [2.05, 4.69) is 4.72 Å². The summed E-state index contributed by atoms with van der Waals surface area (Å²) in [5.74, 6) is -1.83. The summed E-state index contributed by atoms with van der Waals surface area (Å²) in [6.45, 7) is 1.60. The van der Waals surface area contributed by atoms with Gasteiger partial charge in [0.1, 0.15) is 16.5 Å². The first-order chi connectivity index (χ1) is 9.79. The third-order valence-electron chi connectivity index (χ3n) is 2.88. The van der Waals surface area contributed by atoms with Crippen LogP contribution in [-0.2, 0) is 10.0 Å². The lowest BCUT2D eigenvalue weighted by Gasteiger charge is -2.15. The lowest BCUT2D eigenvalue weighted by atomic mass is 10.1. The SMILES string of the molecule is C[C@H](NS(=O)(=O)c1cc(F)ccc1F)c1ccc(Cl)cc1. The Morgan fingerprint density at radius 1 is 1.10 bits per heavy atom. The molecule has 0 aliphatic carbocycles. The molecule has 0 aromatic heterocycles. The first-order valence-electron chi connectivity index (χ1n) is 6.02. The second-order valence-corrected chi connectivity index (χ2v) is 6.59. The zero-order valence-electron chi connectivity index (χ0n) is 11.0. The molecule has 2 aromatic rings. The molecular formula is C14H12ClF2NO2S. The molecule has 0 aliphatic rings. The van der Waals surface area contributed by atoms with Crippen LogP contribution in [0.4, 0.5) is 8.78 Å². The lowest BCUT2D eigenvalue weighted by molar-refractivity contribution is 0.538. The molecule has 0 saturated carbocycles. The van der Waals surface area contributed by atoms with Gasteiger partial charge in [-0.2, -0.15) is 0 Å². The molecule has 1 N–H and O–H groups in total. The van der Waals surface area contributed by atoms with Crippen molar-refractivity contribution in [2.75, 3.05) is 0 Å². The number of hydrogen-bond donors (Lipinski definition) is 1. The highest BCUT2D eigenvalue weighted by Crippen LogP contribution is 2.21. The minimum Gasteiger partial charge on any atom is -0.207 e. The van der Waals surface area contributed by atoms with Crippen molar-refractivity contribution in [1.82, 2.24) is 4.72 Å². The summed E-state index contributed by atoms with van der Waals surface area (Å²) >= 11 is 5.75. The molecule has 21 heavy (non-hydrogen) atoms. The average Bonchev–Trinajstić information content (AvgIpc) is 2.41. The molecule has 2 aromatic carbocycles. The number of benzene rings is 2. The Balaban J connectivity index is 2.28. The molecule has 0 saturated heterocycles. The van der Waals surface area contributed by atoms with Crippen LogP contribution in [0.2, 0.25) is 5.02 Å². The topological polar surface area (TPSA) is 46.2 Å². The number of sulfonamides is 1. The molecule has 2 rings (SSSR count). The van der Waals surface area contributed by atoms with Gasteiger partial charge in [-0.25, -0.2) is 21.9 Å². The van der Waals surface area contributed by atoms with Gasteiger partial charge in [0.15, 0.2) is 0 Å². The van der Waals surface area contributed by atoms with Crippen LogP contribution in [0.1, 0.15) is 18.5 Å². The van der Waals surface area contributed by atoms with Crippen LogP contribution in [0.25, 0.3) is 0 Å². The van der Waals surface area contributed by atoms with Gasteiger partial charge < -0.3 is 0 Å². The Morgan fingerprint density at radius 2 is 1.71 bits per heavy atom. The smallest absolute Gasteiger partial charge is 0.207 e. The molecule has 0 unspecified atom stereocenters. The molecule has 7 heteroatoms. The van der Waals surface area contributed by atoms with E-state index >= 15 is 0 Å². The van der Waals surface area contributed by atoms with E-state index in [9.17, 15) is 17.2 Å². The van der Waals surface area contributed by atoms with Crippen LogP contribution < -0.4 is 4.72 Å². The fraction of sp³-hybridized carbons (Fsp3) is 0.143. The van der Waals surface area contributed by atoms with E-state index < -0.39 is 32.6 Å². The van der Waals surface area contributed by atoms with E-state index in [-0.39, 0.29) is 0 Å². The van der Waals surface area contributed by atoms with Gasteiger partial charge in [0.25, 0.3) is 0 Å². The maximum Gasteiger partial charge on any atom is 0.244 e. The summed E-state index contributed by atoms with van der Waals surface area (Å²) in [7, 11) is -4.17. The molecular weight excluding hydrogens is 320 g/mol. The normalized spacial score (nSPS) is 13.1. The second-order valence-electron chi connectivity index (χ2n) is 4.47. The van der Waals surface area contributed by atoms with E-state index in [1.54, 1.807) is 31.2 Å². The minimum atomic E-state index is -4.17. The third-order valence-corrected chi connectivity index (χ3v) is 4.69. The molecule has 0 amide bonds. The summed E-state index contributed by atoms with van der Waals surface area (Å²) in [4.78, 5) is -0.719. The summed E-state index contributed by atoms with van der Waals surface area (Å²) in [6.07, 6.45) is 0. The van der Waals surface area contributed by atoms with Crippen molar-refractivity contribution in [3.05, 3.63) is 64.7 Å². The van der Waals surface area contributed by atoms with Crippen molar-refractivity contribution in [2.24, 2.45) is 0 Å². The van der Waals surface area contributed by atoms with Crippen molar-refractivity contribution in [2.45, 2.75) is 17.9 Å². The summed E-state index contributed by atoms with van der Waals surface area (Å²) in [6, 6.07) is 8.19. The Morgan fingerprint density at radius 3 is 2.33 bits per heavy atom. The highest BCUT2D eigenvalue weighted by Gasteiger charge is 2.22. The fourth-order valence-electron chi connectivity index (χ4n) is 1.80. The van der Waals surface area contributed by atoms with E-state index in [0.29, 0.717) is 16.7 Å². The molecule has 0 bridgehead atoms. The van der Waals surface area contributed by atoms with Gasteiger partial charge in [0.05, 0.1) is 0 Å². The molecule has 1 atom stereocenters. The van der Waals surface area contributed by atoms with Gasteiger partial charge in [0, 0.05) is 11.1 Å². The Kier molecular flexibility index (Phi) is 4.61. The second kappa shape index (κ2) is 6.09. The van der Waals surface area contributed by atoms with Crippen LogP contribution >= 0.6 is 11.6 Å². The zero-order chi connectivity index (χ0) is 15.6. The number of hydrogen-bond acceptors (Lipinski definition) is 2. The summed E-state index contributed by atoms with van der Waals surface area (Å²) in [5.41, 5.74) is 0.653. The molecule has 0 fully saturated rings. The Hall–Kier alpha value is -1.50. The number of halogens is 3. The van der Waals surface area contributed by atoms with Gasteiger partial charge in [-0.3, -0.25) is 0 Å². The molecule has 0 aliphatic heterocycles. The average molecular weight is 332 g/mol. The van der Waals surface area contributed by atoms with Gasteiger partial charge in [-0.1, -0.05) is 23.7 Å². The fourth-order valence-corrected chi connectivity index (χ4v) is 3.25. The predicted molar refractivity (Wildman–Crippen MR) is 76.5 cm³/mol. The quantitative estimate of drug-likeness (QED) is 0.929. The van der Waals surface area contributed by atoms with Crippen molar-refractivity contribution in [3.63, 3.8) is 0 Å². The van der Waals surface area contributed by atoms with Crippen molar-refractivity contribution >= 4 is 21.6 Å². The van der Waals surface area contributed by atoms with Crippen molar-refractivity contribution in [3.8, 4) is 0 Å². The molecule has 3 nitrogen and oxygen atoms in total. The van der Waals surface area contributed by atoms with Gasteiger partial charge in [-0.05, 0) is 42.8 Å². The van der Waals surface area contributed by atoms with Crippen LogP contribution in [0, 0.1) is 11.6 Å². The third kappa shape index (κ3) is 3.78. The lowest BCUT2D eigenvalue weighted by Crippen LogP contribution is -2.27. The highest BCUT2D eigenvalue weighted by atomic mass is 35.5. The monoisotopic (exact) mass is 331 g/mol. The molecule has 0 heterocycles. The highest BCUT2D eigenvalue weighted by molar-refractivity contribution is 7.89. The van der Waals surface area contributed by atoms with Crippen LogP contribution in [0.3, 0.4) is 0 Å². The van der Waals surface area contributed by atoms with E-state index in [0.717, 1.165) is 12.1 Å². The van der Waals surface area contributed by atoms with Gasteiger partial charge in [0.2, 0.25) is 10.0 Å². The first-order valence-corrected chi connectivity index (χ1v) is 7.88. The van der Waals surface area contributed by atoms with Crippen LogP contribution in [0.5, 0.6) is 0 Å². The van der Waals surface area contributed by atoms with Crippen molar-refractivity contribution in [1.29, 1.82) is 0 Å². The molecule has 0 spiro atoms. The summed E-state index contributed by atoms with van der Waals surface area (Å²) in [5, 5.41) is 0.519. The Bertz CT molecular complexity index is 748. The van der Waals surface area contributed by atoms with Crippen LogP contribution in [-0.4, -0.2) is 8.42 Å². The predicted octanol–water partition coefficient (Wildman–Crippen LogP) is 3.66. The molecule has 0 radical (unpaired) electrons. The minimum absolute atomic E-state index is 0.519. The zero-order valence-corrected chi connectivity index (χ0v) is 12.5. The largest absolute Gasteiger partial charge is 0.244 e. The van der Waals surface area contributed by atoms with Gasteiger partial charge >= 0.3 is 0 Å². The van der Waals surface area contributed by atoms with E-state index in [1.807, 2.05) is 0 Å². The maximum atomic E-state index is 13.6. The Labute approximate surface area is 126 Å². The van der Waals surface area contributed by atoms with Gasteiger partial charge in [-0.15, -0.1) is 0 Å². The van der Waals surface area contributed by atoms with Crippen LogP contribution in [0.15, 0.2) is 47.4 Å². The molecule has 112 valence electrons. The summed E-state index contributed by atoms with van der Waals surface area (Å²) < 4.78 is 53.2. The standard InChI is InChI=1S/C14H12ClF2NO2S/c1-9(10-2-4-11(15)5-3-10)18-21(19,20)14-8-12(16)6-7-13(14)17/h2-9,18H,1H3/t9-/m0/s1. The van der Waals surface area contributed by atoms with E-state index in [1.165, 1.54) is 0 Å².